The highest BCUT2D eigenvalue weighted by molar-refractivity contribution is 6.24. The molecule has 0 aromatic heterocycles. The number of ketones is 2. The number of Topliss-reactive ketones (excluding diaryl/α,β-unsaturated/α-hetero) is 2. The number of fused-ring (bicyclic) bond motifs is 3. The molecule has 2 amide bonds. The Hall–Kier alpha value is -4.52. The maximum Gasteiger partial charge on any atom is 0.255 e. The minimum atomic E-state index is -2.64. The van der Waals surface area contributed by atoms with Crippen LogP contribution in [-0.4, -0.2) is 107 Å². The first-order valence-corrected chi connectivity index (χ1v) is 16.0. The van der Waals surface area contributed by atoms with Crippen LogP contribution in [0.3, 0.4) is 0 Å². The van der Waals surface area contributed by atoms with Gasteiger partial charge in [-0.3, -0.25) is 24.1 Å². The Kier molecular flexibility index (Phi) is 10.8. The molecule has 1 saturated carbocycles. The van der Waals surface area contributed by atoms with E-state index in [2.05, 4.69) is 24.3 Å². The first-order chi connectivity index (χ1) is 22.5. The van der Waals surface area contributed by atoms with Gasteiger partial charge in [-0.25, -0.2) is 0 Å². The average molecular weight is 663 g/mol. The van der Waals surface area contributed by atoms with E-state index >= 15 is 0 Å². The number of carbonyl (C=O) groups excluding carboxylic acids is 4. The summed E-state index contributed by atoms with van der Waals surface area (Å²) in [5, 5.41) is 47.4. The second-order valence-electron chi connectivity index (χ2n) is 13.3. The zero-order valence-corrected chi connectivity index (χ0v) is 28.3. The number of aliphatic hydroxyl groups excluding tert-OH is 2. The SMILES string of the molecule is CC(=O)NCCCCN(C)C.Cc1cccc(-c2ccc(O)c3c2C[C@H]2C[C@H]4[C@H](N(C)C)C(=O)C(C(N)=O)=C(O)[C@@]4(O)C(=O)C2=C3O)c1. The monoisotopic (exact) mass is 662 g/mol. The summed E-state index contributed by atoms with van der Waals surface area (Å²) in [6, 6.07) is 9.82. The fourth-order valence-corrected chi connectivity index (χ4v) is 7.14. The summed E-state index contributed by atoms with van der Waals surface area (Å²) in [4.78, 5) is 53.2. The molecular weight excluding hydrogens is 616 g/mol. The second-order valence-corrected chi connectivity index (χ2v) is 13.3. The molecule has 2 aromatic carbocycles. The van der Waals surface area contributed by atoms with Crippen molar-refractivity contribution in [1.82, 2.24) is 15.1 Å². The van der Waals surface area contributed by atoms with Crippen LogP contribution in [0.25, 0.3) is 16.9 Å². The summed E-state index contributed by atoms with van der Waals surface area (Å²) >= 11 is 0. The predicted octanol–water partition coefficient (Wildman–Crippen LogP) is 2.40. The van der Waals surface area contributed by atoms with Gasteiger partial charge in [0.25, 0.3) is 5.91 Å². The zero-order chi connectivity index (χ0) is 35.7. The number of aliphatic hydroxyl groups is 3. The van der Waals surface area contributed by atoms with E-state index in [0.29, 0.717) is 5.56 Å². The number of likely N-dealkylation sites (N-methyl/N-ethyl adjacent to an activating group) is 1. The number of primary amides is 1. The summed E-state index contributed by atoms with van der Waals surface area (Å²) in [5.74, 6) is -6.54. The van der Waals surface area contributed by atoms with Crippen molar-refractivity contribution >= 4 is 29.1 Å². The maximum atomic E-state index is 13.9. The number of carbonyl (C=O) groups is 4. The van der Waals surface area contributed by atoms with E-state index in [9.17, 15) is 39.6 Å². The van der Waals surface area contributed by atoms with Crippen molar-refractivity contribution in [3.8, 4) is 16.9 Å². The van der Waals surface area contributed by atoms with Gasteiger partial charge in [-0.15, -0.1) is 0 Å². The number of nitrogens with two attached hydrogens (primary N) is 1. The summed E-state index contributed by atoms with van der Waals surface area (Å²) in [6.07, 6.45) is 2.51. The lowest BCUT2D eigenvalue weighted by Gasteiger charge is -2.50. The van der Waals surface area contributed by atoms with E-state index in [1.54, 1.807) is 27.1 Å². The Morgan fingerprint density at radius 3 is 2.31 bits per heavy atom. The van der Waals surface area contributed by atoms with Crippen molar-refractivity contribution in [2.75, 3.05) is 41.3 Å². The van der Waals surface area contributed by atoms with Crippen LogP contribution in [0.2, 0.25) is 0 Å². The highest BCUT2D eigenvalue weighted by atomic mass is 16.3. The Morgan fingerprint density at radius 2 is 1.73 bits per heavy atom. The van der Waals surface area contributed by atoms with Crippen molar-refractivity contribution in [2.45, 2.75) is 51.2 Å². The summed E-state index contributed by atoms with van der Waals surface area (Å²) in [5.41, 5.74) is 5.10. The van der Waals surface area contributed by atoms with Gasteiger partial charge in [-0.1, -0.05) is 35.9 Å². The van der Waals surface area contributed by atoms with Gasteiger partial charge < -0.3 is 36.4 Å². The van der Waals surface area contributed by atoms with Crippen LogP contribution >= 0.6 is 0 Å². The molecule has 1 fully saturated rings. The fraction of sp³-hybridized carbons (Fsp3) is 0.444. The standard InChI is InChI=1S/C28H28N2O7.C8H18N2O/c1-12-5-4-6-13(9-12)15-7-8-18(31)20-16(15)10-14-11-17-22(30(2)3)24(33)21(27(29)36)26(35)28(17,37)25(34)19(14)23(20)32;1-8(11)9-6-4-5-7-10(2)3/h4-9,14,17,22,31-32,35,37H,10-11H2,1-3H3,(H2,29,36);4-7H2,1-3H3,(H,9,11)/t14-,17-,22-,28-;/m0./s1. The van der Waals surface area contributed by atoms with Crippen LogP contribution in [-0.2, 0) is 25.6 Å². The molecular formula is C36H46N4O8. The van der Waals surface area contributed by atoms with Gasteiger partial charge in [0, 0.05) is 25.0 Å². The molecule has 4 atom stereocenters. The quantitative estimate of drug-likeness (QED) is 0.181. The number of aryl methyl sites for hydroxylation is 1. The molecule has 12 heteroatoms. The first kappa shape index (κ1) is 36.3. The first-order valence-electron chi connectivity index (χ1n) is 16.0. The number of unbranched alkanes of at least 4 members (excludes halogenated alkanes) is 1. The van der Waals surface area contributed by atoms with Crippen LogP contribution in [0.15, 0.2) is 53.3 Å². The third-order valence-corrected chi connectivity index (χ3v) is 9.34. The van der Waals surface area contributed by atoms with Crippen molar-refractivity contribution in [2.24, 2.45) is 17.6 Å². The van der Waals surface area contributed by atoms with Gasteiger partial charge in [0.05, 0.1) is 11.6 Å². The minimum Gasteiger partial charge on any atom is -0.508 e. The number of rotatable bonds is 8. The van der Waals surface area contributed by atoms with Crippen molar-refractivity contribution < 1.29 is 39.6 Å². The zero-order valence-electron chi connectivity index (χ0n) is 28.3. The molecule has 0 spiro atoms. The summed E-state index contributed by atoms with van der Waals surface area (Å²) in [6.45, 7) is 5.41. The van der Waals surface area contributed by atoms with Gasteiger partial charge in [0.2, 0.25) is 11.7 Å². The van der Waals surface area contributed by atoms with Crippen molar-refractivity contribution in [3.63, 3.8) is 0 Å². The number of phenols is 1. The number of hydrogen-bond donors (Lipinski definition) is 6. The number of nitrogens with one attached hydrogen (secondary N) is 1. The van der Waals surface area contributed by atoms with Crippen molar-refractivity contribution in [3.05, 3.63) is 70.0 Å². The summed E-state index contributed by atoms with van der Waals surface area (Å²) < 4.78 is 0. The number of amides is 2. The molecule has 0 heterocycles. The Morgan fingerprint density at radius 1 is 1.04 bits per heavy atom. The highest BCUT2D eigenvalue weighted by Gasteiger charge is 2.64. The molecule has 3 aliphatic rings. The van der Waals surface area contributed by atoms with Gasteiger partial charge in [0.15, 0.2) is 11.4 Å². The molecule has 2 aromatic rings. The van der Waals surface area contributed by atoms with E-state index in [-0.39, 0.29) is 35.6 Å². The van der Waals surface area contributed by atoms with E-state index in [1.165, 1.54) is 11.0 Å². The van der Waals surface area contributed by atoms with Gasteiger partial charge in [0.1, 0.15) is 22.8 Å². The minimum absolute atomic E-state index is 0.0503. The lowest BCUT2D eigenvalue weighted by Crippen LogP contribution is -2.65. The number of hydrogen-bond acceptors (Lipinski definition) is 10. The number of nitrogens with zero attached hydrogens (tertiary/aromatic N) is 2. The van der Waals surface area contributed by atoms with E-state index in [1.807, 2.05) is 31.2 Å². The van der Waals surface area contributed by atoms with Crippen LogP contribution in [0.4, 0.5) is 0 Å². The van der Waals surface area contributed by atoms with Gasteiger partial charge >= 0.3 is 0 Å². The van der Waals surface area contributed by atoms with E-state index in [0.717, 1.165) is 42.6 Å². The molecule has 12 nitrogen and oxygen atoms in total. The molecule has 258 valence electrons. The molecule has 0 unspecified atom stereocenters. The Bertz CT molecular complexity index is 1690. The Labute approximate surface area is 280 Å². The third-order valence-electron chi connectivity index (χ3n) is 9.34. The predicted molar refractivity (Wildman–Crippen MR) is 181 cm³/mol. The number of benzene rings is 2. The van der Waals surface area contributed by atoms with Gasteiger partial charge in [-0.05, 0) is 96.0 Å². The summed E-state index contributed by atoms with van der Waals surface area (Å²) in [7, 11) is 7.25. The van der Waals surface area contributed by atoms with Crippen LogP contribution in [0, 0.1) is 18.8 Å². The van der Waals surface area contributed by atoms with Crippen molar-refractivity contribution in [1.29, 1.82) is 0 Å². The molecule has 0 radical (unpaired) electrons. The smallest absolute Gasteiger partial charge is 0.255 e. The number of phenolic OH excluding ortho intramolecular Hbond substituents is 1. The third kappa shape index (κ3) is 6.73. The average Bonchev–Trinajstić information content (AvgIpc) is 2.98. The molecule has 48 heavy (non-hydrogen) atoms. The van der Waals surface area contributed by atoms with Gasteiger partial charge in [-0.2, -0.15) is 0 Å². The highest BCUT2D eigenvalue weighted by Crippen LogP contribution is 2.53. The molecule has 0 aliphatic heterocycles. The fourth-order valence-electron chi connectivity index (χ4n) is 7.14. The lowest BCUT2D eigenvalue weighted by molar-refractivity contribution is -0.153. The molecule has 0 bridgehead atoms. The van der Waals surface area contributed by atoms with Crippen LogP contribution in [0.5, 0.6) is 5.75 Å². The normalized spacial score (nSPS) is 23.3. The van der Waals surface area contributed by atoms with Crippen LogP contribution in [0.1, 0.15) is 42.9 Å². The largest absolute Gasteiger partial charge is 0.508 e. The topological polar surface area (TPSA) is 194 Å². The molecule has 5 rings (SSSR count). The lowest BCUT2D eigenvalue weighted by atomic mass is 9.57. The molecule has 0 saturated heterocycles. The maximum absolute atomic E-state index is 13.9. The van der Waals surface area contributed by atoms with E-state index < -0.39 is 58.0 Å². The second kappa shape index (κ2) is 14.3. The van der Waals surface area contributed by atoms with Crippen LogP contribution < -0.4 is 11.1 Å². The Balaban J connectivity index is 0.000000408. The molecule has 7 N–H and O–H groups in total. The molecule has 3 aliphatic carbocycles. The number of aromatic hydroxyl groups is 1. The van der Waals surface area contributed by atoms with E-state index in [4.69, 9.17) is 5.73 Å².